The summed E-state index contributed by atoms with van der Waals surface area (Å²) in [6.07, 6.45) is 2.29. The molecule has 0 aliphatic heterocycles. The molecule has 174 valence electrons. The smallest absolute Gasteiger partial charge is 0.243 e. The van der Waals surface area contributed by atoms with Gasteiger partial charge in [-0.05, 0) is 56.0 Å². The Kier molecular flexibility index (Phi) is 10.6. The first kappa shape index (κ1) is 25.2. The second-order valence-corrected chi connectivity index (χ2v) is 7.88. The van der Waals surface area contributed by atoms with Gasteiger partial charge in [-0.25, -0.2) is 0 Å². The van der Waals surface area contributed by atoms with Gasteiger partial charge in [-0.1, -0.05) is 44.2 Å². The normalized spacial score (nSPS) is 12.5. The molecule has 32 heavy (non-hydrogen) atoms. The zero-order valence-electron chi connectivity index (χ0n) is 19.7. The van der Waals surface area contributed by atoms with E-state index in [2.05, 4.69) is 5.32 Å². The predicted octanol–water partition coefficient (Wildman–Crippen LogP) is 4.58. The first-order chi connectivity index (χ1) is 15.5. The number of hydrogen-bond donors (Lipinski definition) is 1. The molecule has 0 heterocycles. The van der Waals surface area contributed by atoms with Crippen LogP contribution >= 0.6 is 0 Å². The Morgan fingerprint density at radius 1 is 0.969 bits per heavy atom. The van der Waals surface area contributed by atoms with Crippen LogP contribution in [0.25, 0.3) is 0 Å². The van der Waals surface area contributed by atoms with Gasteiger partial charge in [-0.2, -0.15) is 0 Å². The summed E-state index contributed by atoms with van der Waals surface area (Å²) in [5.74, 6) is 1.36. The highest BCUT2D eigenvalue weighted by Gasteiger charge is 2.28. The Balaban J connectivity index is 2.01. The number of carbonyl (C=O) groups is 2. The molecule has 0 aliphatic rings. The van der Waals surface area contributed by atoms with E-state index in [0.29, 0.717) is 32.4 Å². The van der Waals surface area contributed by atoms with Crippen LogP contribution < -0.4 is 14.8 Å². The third-order valence-electron chi connectivity index (χ3n) is 5.45. The van der Waals surface area contributed by atoms with E-state index in [9.17, 15) is 9.59 Å². The number of methoxy groups -OCH3 is 1. The van der Waals surface area contributed by atoms with Crippen molar-refractivity contribution in [3.8, 4) is 11.5 Å². The zero-order valence-corrected chi connectivity index (χ0v) is 19.7. The van der Waals surface area contributed by atoms with Gasteiger partial charge in [-0.3, -0.25) is 9.59 Å². The minimum absolute atomic E-state index is 0.0432. The third-order valence-corrected chi connectivity index (χ3v) is 5.45. The molecule has 2 aromatic rings. The molecule has 0 saturated heterocycles. The Morgan fingerprint density at radius 3 is 2.22 bits per heavy atom. The number of ether oxygens (including phenoxy) is 2. The standard InChI is InChI=1S/C26H36N2O4/c1-5-20(3)27-26(30)24(6-2)28(19-21-11-8-7-9-12-21)25(29)13-10-18-32-23-16-14-22(31-4)15-17-23/h7-9,11-12,14-17,20,24H,5-6,10,13,18-19H2,1-4H3,(H,27,30)/t20-,24+/m0/s1. The fourth-order valence-corrected chi connectivity index (χ4v) is 3.37. The highest BCUT2D eigenvalue weighted by atomic mass is 16.5. The SMILES string of the molecule is CC[C@H](C(=O)N[C@@H](C)CC)N(Cc1ccccc1)C(=O)CCCOc1ccc(OC)cc1. The van der Waals surface area contributed by atoms with Crippen LogP contribution in [-0.2, 0) is 16.1 Å². The Morgan fingerprint density at radius 2 is 1.62 bits per heavy atom. The van der Waals surface area contributed by atoms with Crippen molar-refractivity contribution in [1.29, 1.82) is 0 Å². The van der Waals surface area contributed by atoms with Crippen LogP contribution in [-0.4, -0.2) is 42.5 Å². The summed E-state index contributed by atoms with van der Waals surface area (Å²) in [6.45, 7) is 6.78. The van der Waals surface area contributed by atoms with Crippen molar-refractivity contribution in [2.75, 3.05) is 13.7 Å². The van der Waals surface area contributed by atoms with E-state index < -0.39 is 6.04 Å². The summed E-state index contributed by atoms with van der Waals surface area (Å²) < 4.78 is 10.9. The molecule has 2 amide bonds. The Bertz CT molecular complexity index is 823. The van der Waals surface area contributed by atoms with E-state index in [4.69, 9.17) is 9.47 Å². The zero-order chi connectivity index (χ0) is 23.3. The second kappa shape index (κ2) is 13.4. The summed E-state index contributed by atoms with van der Waals surface area (Å²) in [5, 5.41) is 3.03. The molecule has 0 unspecified atom stereocenters. The minimum atomic E-state index is -0.501. The molecule has 2 rings (SSSR count). The molecule has 0 saturated carbocycles. The van der Waals surface area contributed by atoms with Gasteiger partial charge >= 0.3 is 0 Å². The van der Waals surface area contributed by atoms with E-state index in [1.807, 2.05) is 75.4 Å². The topological polar surface area (TPSA) is 67.9 Å². The fraction of sp³-hybridized carbons (Fsp3) is 0.462. The largest absolute Gasteiger partial charge is 0.497 e. The predicted molar refractivity (Wildman–Crippen MR) is 127 cm³/mol. The maximum absolute atomic E-state index is 13.2. The lowest BCUT2D eigenvalue weighted by Gasteiger charge is -2.31. The fourth-order valence-electron chi connectivity index (χ4n) is 3.37. The van der Waals surface area contributed by atoms with Crippen molar-refractivity contribution in [2.24, 2.45) is 0 Å². The van der Waals surface area contributed by atoms with Gasteiger partial charge in [0, 0.05) is 19.0 Å². The third kappa shape index (κ3) is 7.91. The van der Waals surface area contributed by atoms with E-state index in [0.717, 1.165) is 23.5 Å². The molecule has 2 atom stereocenters. The van der Waals surface area contributed by atoms with Gasteiger partial charge in [0.2, 0.25) is 11.8 Å². The average Bonchev–Trinajstić information content (AvgIpc) is 2.82. The van der Waals surface area contributed by atoms with Crippen LogP contribution in [0.5, 0.6) is 11.5 Å². The number of hydrogen-bond acceptors (Lipinski definition) is 4. The quantitative estimate of drug-likeness (QED) is 0.463. The molecular formula is C26H36N2O4. The summed E-state index contributed by atoms with van der Waals surface area (Å²) >= 11 is 0. The lowest BCUT2D eigenvalue weighted by Crippen LogP contribution is -2.50. The van der Waals surface area contributed by atoms with Gasteiger partial charge in [0.25, 0.3) is 0 Å². The summed E-state index contributed by atoms with van der Waals surface area (Å²) in [5.41, 5.74) is 1.00. The average molecular weight is 441 g/mol. The van der Waals surface area contributed by atoms with E-state index >= 15 is 0 Å². The van der Waals surface area contributed by atoms with Crippen LogP contribution in [0.2, 0.25) is 0 Å². The highest BCUT2D eigenvalue weighted by Crippen LogP contribution is 2.18. The monoisotopic (exact) mass is 440 g/mol. The van der Waals surface area contributed by atoms with E-state index in [1.165, 1.54) is 0 Å². The van der Waals surface area contributed by atoms with E-state index in [1.54, 1.807) is 12.0 Å². The van der Waals surface area contributed by atoms with Crippen LogP contribution in [0.4, 0.5) is 0 Å². The minimum Gasteiger partial charge on any atom is -0.497 e. The maximum atomic E-state index is 13.2. The molecular weight excluding hydrogens is 404 g/mol. The molecule has 2 aromatic carbocycles. The molecule has 6 nitrogen and oxygen atoms in total. The first-order valence-electron chi connectivity index (χ1n) is 11.4. The van der Waals surface area contributed by atoms with E-state index in [-0.39, 0.29) is 17.9 Å². The second-order valence-electron chi connectivity index (χ2n) is 7.88. The summed E-state index contributed by atoms with van der Waals surface area (Å²) in [4.78, 5) is 27.8. The van der Waals surface area contributed by atoms with Gasteiger partial charge < -0.3 is 19.7 Å². The number of nitrogens with one attached hydrogen (secondary N) is 1. The van der Waals surface area contributed by atoms with Gasteiger partial charge in [0.15, 0.2) is 0 Å². The van der Waals surface area contributed by atoms with Crippen LogP contribution in [0.1, 0.15) is 52.0 Å². The molecule has 1 N–H and O–H groups in total. The van der Waals surface area contributed by atoms with Crippen molar-refractivity contribution < 1.29 is 19.1 Å². The lowest BCUT2D eigenvalue weighted by atomic mass is 10.1. The molecule has 6 heteroatoms. The van der Waals surface area contributed by atoms with Crippen molar-refractivity contribution in [1.82, 2.24) is 10.2 Å². The van der Waals surface area contributed by atoms with Crippen molar-refractivity contribution in [3.63, 3.8) is 0 Å². The Hall–Kier alpha value is -3.02. The van der Waals surface area contributed by atoms with Crippen molar-refractivity contribution >= 4 is 11.8 Å². The Labute approximate surface area is 191 Å². The van der Waals surface area contributed by atoms with Crippen molar-refractivity contribution in [3.05, 3.63) is 60.2 Å². The van der Waals surface area contributed by atoms with Crippen LogP contribution in [0.3, 0.4) is 0 Å². The number of benzene rings is 2. The van der Waals surface area contributed by atoms with Crippen LogP contribution in [0.15, 0.2) is 54.6 Å². The van der Waals surface area contributed by atoms with Gasteiger partial charge in [0.1, 0.15) is 17.5 Å². The molecule has 0 aliphatic carbocycles. The summed E-state index contributed by atoms with van der Waals surface area (Å²) in [7, 11) is 1.62. The van der Waals surface area contributed by atoms with Crippen LogP contribution in [0, 0.1) is 0 Å². The number of rotatable bonds is 13. The number of amides is 2. The highest BCUT2D eigenvalue weighted by molar-refractivity contribution is 5.87. The number of carbonyl (C=O) groups excluding carboxylic acids is 2. The molecule has 0 radical (unpaired) electrons. The van der Waals surface area contributed by atoms with Gasteiger partial charge in [0.05, 0.1) is 13.7 Å². The summed E-state index contributed by atoms with van der Waals surface area (Å²) in [6, 6.07) is 16.7. The van der Waals surface area contributed by atoms with Crippen molar-refractivity contribution in [2.45, 2.75) is 65.1 Å². The molecule has 0 aromatic heterocycles. The lowest BCUT2D eigenvalue weighted by molar-refractivity contribution is -0.141. The molecule has 0 spiro atoms. The number of nitrogens with zero attached hydrogens (tertiary/aromatic N) is 1. The van der Waals surface area contributed by atoms with Gasteiger partial charge in [-0.15, -0.1) is 0 Å². The maximum Gasteiger partial charge on any atom is 0.243 e. The molecule has 0 bridgehead atoms. The molecule has 0 fully saturated rings. The first-order valence-corrected chi connectivity index (χ1v) is 11.4.